The van der Waals surface area contributed by atoms with E-state index in [1.54, 1.807) is 7.05 Å². The van der Waals surface area contributed by atoms with Crippen molar-refractivity contribution < 1.29 is 8.42 Å². The third kappa shape index (κ3) is 6.16. The zero-order valence-corrected chi connectivity index (χ0v) is 13.5. The summed E-state index contributed by atoms with van der Waals surface area (Å²) in [6.45, 7) is 11.7. The van der Waals surface area contributed by atoms with Gasteiger partial charge in [-0.2, -0.15) is 12.7 Å². The number of nitrogens with zero attached hydrogens (tertiary/aromatic N) is 1. The molecule has 1 N–H and O–H groups in total. The molecule has 0 saturated carbocycles. The van der Waals surface area contributed by atoms with Crippen molar-refractivity contribution in [1.82, 2.24) is 9.03 Å². The fourth-order valence-electron chi connectivity index (χ4n) is 2.05. The summed E-state index contributed by atoms with van der Waals surface area (Å²) in [6, 6.07) is 0. The average Bonchev–Trinajstić information content (AvgIpc) is 2.24. The van der Waals surface area contributed by atoms with E-state index < -0.39 is 10.2 Å². The van der Waals surface area contributed by atoms with E-state index in [2.05, 4.69) is 39.3 Å². The molecule has 0 spiro atoms. The van der Waals surface area contributed by atoms with E-state index in [1.807, 2.05) is 0 Å². The highest BCUT2D eigenvalue weighted by atomic mass is 32.2. The molecule has 0 aliphatic rings. The molecule has 110 valence electrons. The van der Waals surface area contributed by atoms with Crippen molar-refractivity contribution in [1.29, 1.82) is 0 Å². The smallest absolute Gasteiger partial charge is 0.202 e. The molecule has 0 amide bonds. The SMILES string of the molecule is CCCCN(C)S(=O)(=O)NCC(C(C)C)C(C)C. The largest absolute Gasteiger partial charge is 0.279 e. The second-order valence-corrected chi connectivity index (χ2v) is 7.54. The maximum atomic E-state index is 12.0. The van der Waals surface area contributed by atoms with Crippen LogP contribution >= 0.6 is 0 Å². The van der Waals surface area contributed by atoms with Crippen LogP contribution in [0.25, 0.3) is 0 Å². The minimum absolute atomic E-state index is 0.374. The van der Waals surface area contributed by atoms with Gasteiger partial charge in [-0.15, -0.1) is 0 Å². The first kappa shape index (κ1) is 17.9. The molecule has 0 rings (SSSR count). The molecule has 0 radical (unpaired) electrons. The summed E-state index contributed by atoms with van der Waals surface area (Å²) in [7, 11) is -1.67. The van der Waals surface area contributed by atoms with Gasteiger partial charge in [-0.25, -0.2) is 4.72 Å². The van der Waals surface area contributed by atoms with Crippen LogP contribution < -0.4 is 4.72 Å². The van der Waals surface area contributed by atoms with E-state index in [-0.39, 0.29) is 0 Å². The van der Waals surface area contributed by atoms with Crippen LogP contribution in [-0.2, 0) is 10.2 Å². The predicted molar refractivity (Wildman–Crippen MR) is 77.6 cm³/mol. The lowest BCUT2D eigenvalue weighted by Crippen LogP contribution is -2.42. The molecule has 0 aliphatic carbocycles. The summed E-state index contributed by atoms with van der Waals surface area (Å²) >= 11 is 0. The van der Waals surface area contributed by atoms with Gasteiger partial charge in [0.05, 0.1) is 0 Å². The molecule has 0 aromatic heterocycles. The minimum Gasteiger partial charge on any atom is -0.202 e. The zero-order valence-electron chi connectivity index (χ0n) is 12.7. The van der Waals surface area contributed by atoms with E-state index >= 15 is 0 Å². The number of hydrogen-bond acceptors (Lipinski definition) is 2. The summed E-state index contributed by atoms with van der Waals surface area (Å²) < 4.78 is 28.1. The van der Waals surface area contributed by atoms with Gasteiger partial charge in [-0.1, -0.05) is 41.0 Å². The summed E-state index contributed by atoms with van der Waals surface area (Å²) in [5, 5.41) is 0. The average molecular weight is 278 g/mol. The van der Waals surface area contributed by atoms with Gasteiger partial charge in [-0.3, -0.25) is 0 Å². The summed E-state index contributed by atoms with van der Waals surface area (Å²) in [6.07, 6.45) is 1.90. The van der Waals surface area contributed by atoms with Crippen molar-refractivity contribution in [2.24, 2.45) is 17.8 Å². The highest BCUT2D eigenvalue weighted by Crippen LogP contribution is 2.19. The van der Waals surface area contributed by atoms with Crippen LogP contribution in [0.3, 0.4) is 0 Å². The first-order valence-electron chi connectivity index (χ1n) is 6.93. The van der Waals surface area contributed by atoms with E-state index in [0.717, 1.165) is 12.8 Å². The van der Waals surface area contributed by atoms with E-state index in [4.69, 9.17) is 0 Å². The molecule has 0 saturated heterocycles. The van der Waals surface area contributed by atoms with Gasteiger partial charge in [0.25, 0.3) is 10.2 Å². The second kappa shape index (κ2) is 8.12. The fourth-order valence-corrected chi connectivity index (χ4v) is 3.05. The van der Waals surface area contributed by atoms with Gasteiger partial charge in [-0.05, 0) is 24.2 Å². The number of rotatable bonds is 9. The Balaban J connectivity index is 4.40. The first-order chi connectivity index (χ1) is 8.22. The quantitative estimate of drug-likeness (QED) is 0.704. The van der Waals surface area contributed by atoms with Crippen molar-refractivity contribution in [3.05, 3.63) is 0 Å². The standard InChI is InChI=1S/C13H30N2O2S/c1-7-8-9-15(6)18(16,17)14-10-13(11(2)3)12(4)5/h11-14H,7-10H2,1-6H3. The molecule has 18 heavy (non-hydrogen) atoms. The number of hydrogen-bond donors (Lipinski definition) is 1. The predicted octanol–water partition coefficient (Wildman–Crippen LogP) is 2.48. The van der Waals surface area contributed by atoms with Crippen LogP contribution in [-0.4, -0.2) is 32.9 Å². The highest BCUT2D eigenvalue weighted by Gasteiger charge is 2.22. The van der Waals surface area contributed by atoms with Gasteiger partial charge in [0.1, 0.15) is 0 Å². The lowest BCUT2D eigenvalue weighted by molar-refractivity contribution is 0.286. The molecule has 5 heteroatoms. The fraction of sp³-hybridized carbons (Fsp3) is 1.00. The lowest BCUT2D eigenvalue weighted by Gasteiger charge is -2.26. The molecule has 0 bridgehead atoms. The van der Waals surface area contributed by atoms with Gasteiger partial charge in [0.15, 0.2) is 0 Å². The zero-order chi connectivity index (χ0) is 14.3. The van der Waals surface area contributed by atoms with Crippen LogP contribution in [0.4, 0.5) is 0 Å². The van der Waals surface area contributed by atoms with Crippen LogP contribution in [0.15, 0.2) is 0 Å². The summed E-state index contributed by atoms with van der Waals surface area (Å²) in [5.41, 5.74) is 0. The Labute approximate surface area is 113 Å². The van der Waals surface area contributed by atoms with Gasteiger partial charge in [0, 0.05) is 20.1 Å². The minimum atomic E-state index is -3.31. The second-order valence-electron chi connectivity index (χ2n) is 5.68. The van der Waals surface area contributed by atoms with Crippen molar-refractivity contribution in [2.75, 3.05) is 20.1 Å². The molecule has 4 nitrogen and oxygen atoms in total. The molecule has 0 fully saturated rings. The van der Waals surface area contributed by atoms with Gasteiger partial charge < -0.3 is 0 Å². The van der Waals surface area contributed by atoms with E-state index in [0.29, 0.717) is 30.8 Å². The Kier molecular flexibility index (Phi) is 8.06. The van der Waals surface area contributed by atoms with Crippen molar-refractivity contribution in [2.45, 2.75) is 47.5 Å². The normalized spacial score (nSPS) is 13.2. The monoisotopic (exact) mass is 278 g/mol. The van der Waals surface area contributed by atoms with Crippen LogP contribution in [0.5, 0.6) is 0 Å². The van der Waals surface area contributed by atoms with Gasteiger partial charge in [0.2, 0.25) is 0 Å². The maximum Gasteiger partial charge on any atom is 0.279 e. The third-order valence-corrected chi connectivity index (χ3v) is 4.99. The van der Waals surface area contributed by atoms with Crippen molar-refractivity contribution in [3.63, 3.8) is 0 Å². The lowest BCUT2D eigenvalue weighted by atomic mass is 9.86. The van der Waals surface area contributed by atoms with Gasteiger partial charge >= 0.3 is 0 Å². The third-order valence-electron chi connectivity index (χ3n) is 3.45. The Bertz CT molecular complexity index is 305. The van der Waals surface area contributed by atoms with Crippen LogP contribution in [0, 0.1) is 17.8 Å². The summed E-state index contributed by atoms with van der Waals surface area (Å²) in [5.74, 6) is 1.33. The topological polar surface area (TPSA) is 49.4 Å². The Morgan fingerprint density at radius 3 is 2.00 bits per heavy atom. The molecule has 0 aromatic rings. The van der Waals surface area contributed by atoms with Crippen molar-refractivity contribution in [3.8, 4) is 0 Å². The van der Waals surface area contributed by atoms with E-state index in [1.165, 1.54) is 4.31 Å². The Morgan fingerprint density at radius 1 is 1.11 bits per heavy atom. The molecule has 0 aliphatic heterocycles. The Hall–Kier alpha value is -0.130. The molecular weight excluding hydrogens is 248 g/mol. The Morgan fingerprint density at radius 2 is 1.61 bits per heavy atom. The van der Waals surface area contributed by atoms with Crippen LogP contribution in [0.2, 0.25) is 0 Å². The van der Waals surface area contributed by atoms with Crippen LogP contribution in [0.1, 0.15) is 47.5 Å². The van der Waals surface area contributed by atoms with Crippen molar-refractivity contribution >= 4 is 10.2 Å². The molecule has 0 atom stereocenters. The summed E-state index contributed by atoms with van der Waals surface area (Å²) in [4.78, 5) is 0. The molecule has 0 aromatic carbocycles. The molecular formula is C13H30N2O2S. The number of nitrogens with one attached hydrogen (secondary N) is 1. The first-order valence-corrected chi connectivity index (χ1v) is 8.37. The van der Waals surface area contributed by atoms with E-state index in [9.17, 15) is 8.42 Å². The molecule has 0 unspecified atom stereocenters. The molecule has 0 heterocycles. The highest BCUT2D eigenvalue weighted by molar-refractivity contribution is 7.87. The maximum absolute atomic E-state index is 12.0. The number of unbranched alkanes of at least 4 members (excludes halogenated alkanes) is 1.